The van der Waals surface area contributed by atoms with Crippen molar-refractivity contribution >= 4 is 21.6 Å². The third-order valence-corrected chi connectivity index (χ3v) is 4.48. The van der Waals surface area contributed by atoms with Gasteiger partial charge >= 0.3 is 0 Å². The van der Waals surface area contributed by atoms with Crippen LogP contribution in [0.1, 0.15) is 31.2 Å². The molecular formula is C15H23BrN2O. The Hall–Kier alpha value is -0.580. The average Bonchev–Trinajstić information content (AvgIpc) is 2.41. The number of hydrogen-bond acceptors (Lipinski definition) is 3. The van der Waals surface area contributed by atoms with Crippen molar-refractivity contribution in [1.82, 2.24) is 5.32 Å². The van der Waals surface area contributed by atoms with Gasteiger partial charge in [-0.1, -0.05) is 34.8 Å². The lowest BCUT2D eigenvalue weighted by molar-refractivity contribution is 0.106. The fourth-order valence-electron chi connectivity index (χ4n) is 2.93. The molecule has 1 aliphatic carbocycles. The van der Waals surface area contributed by atoms with Crippen LogP contribution >= 0.6 is 15.9 Å². The molecule has 1 aromatic rings. The maximum Gasteiger partial charge on any atom is 0.0743 e. The number of rotatable bonds is 4. The summed E-state index contributed by atoms with van der Waals surface area (Å²) in [4.78, 5) is 2.25. The Kier molecular flexibility index (Phi) is 5.25. The number of halogens is 1. The average molecular weight is 327 g/mol. The molecule has 2 rings (SSSR count). The van der Waals surface area contributed by atoms with Gasteiger partial charge in [-0.05, 0) is 37.6 Å². The van der Waals surface area contributed by atoms with E-state index < -0.39 is 0 Å². The van der Waals surface area contributed by atoms with Gasteiger partial charge in [0.15, 0.2) is 0 Å². The predicted molar refractivity (Wildman–Crippen MR) is 83.6 cm³/mol. The normalized spacial score (nSPS) is 23.4. The van der Waals surface area contributed by atoms with Gasteiger partial charge < -0.3 is 15.3 Å². The van der Waals surface area contributed by atoms with Crippen LogP contribution in [0, 0.1) is 0 Å². The van der Waals surface area contributed by atoms with Crippen LogP contribution in [0.4, 0.5) is 5.69 Å². The summed E-state index contributed by atoms with van der Waals surface area (Å²) in [5, 5.41) is 13.4. The fourth-order valence-corrected chi connectivity index (χ4v) is 3.28. The standard InChI is InChI=1S/C15H23BrN2O/c1-17-10-11-7-8-12(16)9-14(11)18(2)13-5-3-4-6-15(13)19/h7-9,13,15,17,19H,3-6,10H2,1-2H3. The van der Waals surface area contributed by atoms with Crippen LogP contribution in [0.2, 0.25) is 0 Å². The molecule has 0 heterocycles. The first kappa shape index (κ1) is 14.8. The molecule has 1 aliphatic rings. The van der Waals surface area contributed by atoms with Crippen LogP contribution in [0.3, 0.4) is 0 Å². The van der Waals surface area contributed by atoms with Gasteiger partial charge in [0.05, 0.1) is 12.1 Å². The van der Waals surface area contributed by atoms with Gasteiger partial charge in [0, 0.05) is 23.8 Å². The lowest BCUT2D eigenvalue weighted by atomic mass is 9.91. The second-order valence-corrected chi connectivity index (χ2v) is 6.25. The summed E-state index contributed by atoms with van der Waals surface area (Å²) < 4.78 is 1.08. The number of anilines is 1. The molecule has 0 aliphatic heterocycles. The Morgan fingerprint density at radius 2 is 2.11 bits per heavy atom. The van der Waals surface area contributed by atoms with Crippen LogP contribution in [-0.4, -0.2) is 31.3 Å². The minimum Gasteiger partial charge on any atom is -0.391 e. The first-order valence-electron chi connectivity index (χ1n) is 6.97. The first-order chi connectivity index (χ1) is 9.13. The van der Waals surface area contributed by atoms with Crippen molar-refractivity contribution in [3.63, 3.8) is 0 Å². The van der Waals surface area contributed by atoms with Crippen molar-refractivity contribution in [3.8, 4) is 0 Å². The van der Waals surface area contributed by atoms with Crippen molar-refractivity contribution in [2.24, 2.45) is 0 Å². The van der Waals surface area contributed by atoms with Gasteiger partial charge in [0.25, 0.3) is 0 Å². The topological polar surface area (TPSA) is 35.5 Å². The van der Waals surface area contributed by atoms with Gasteiger partial charge in [-0.25, -0.2) is 0 Å². The highest BCUT2D eigenvalue weighted by Crippen LogP contribution is 2.30. The summed E-state index contributed by atoms with van der Waals surface area (Å²) >= 11 is 3.55. The van der Waals surface area contributed by atoms with Crippen molar-refractivity contribution < 1.29 is 5.11 Å². The summed E-state index contributed by atoms with van der Waals surface area (Å²) in [6.07, 6.45) is 4.14. The Balaban J connectivity index is 2.25. The maximum absolute atomic E-state index is 10.2. The molecule has 106 valence electrons. The zero-order valence-electron chi connectivity index (χ0n) is 11.7. The van der Waals surface area contributed by atoms with Crippen molar-refractivity contribution in [3.05, 3.63) is 28.2 Å². The van der Waals surface area contributed by atoms with E-state index in [0.717, 1.165) is 30.3 Å². The van der Waals surface area contributed by atoms with Crippen molar-refractivity contribution in [1.29, 1.82) is 0 Å². The zero-order chi connectivity index (χ0) is 13.8. The van der Waals surface area contributed by atoms with E-state index in [4.69, 9.17) is 0 Å². The summed E-state index contributed by atoms with van der Waals surface area (Å²) in [6, 6.07) is 6.59. The first-order valence-corrected chi connectivity index (χ1v) is 7.76. The monoisotopic (exact) mass is 326 g/mol. The van der Waals surface area contributed by atoms with E-state index in [-0.39, 0.29) is 12.1 Å². The highest BCUT2D eigenvalue weighted by atomic mass is 79.9. The smallest absolute Gasteiger partial charge is 0.0743 e. The quantitative estimate of drug-likeness (QED) is 0.893. The molecular weight excluding hydrogens is 304 g/mol. The van der Waals surface area contributed by atoms with Crippen LogP contribution in [0.25, 0.3) is 0 Å². The van der Waals surface area contributed by atoms with Crippen LogP contribution in [-0.2, 0) is 6.54 Å². The highest BCUT2D eigenvalue weighted by molar-refractivity contribution is 9.10. The number of benzene rings is 1. The van der Waals surface area contributed by atoms with Crippen LogP contribution in [0.5, 0.6) is 0 Å². The number of aliphatic hydroxyl groups is 1. The number of nitrogens with one attached hydrogen (secondary N) is 1. The van der Waals surface area contributed by atoms with E-state index in [2.05, 4.69) is 51.4 Å². The van der Waals surface area contributed by atoms with Gasteiger partial charge in [-0.2, -0.15) is 0 Å². The van der Waals surface area contributed by atoms with Gasteiger partial charge in [0.1, 0.15) is 0 Å². The van der Waals surface area contributed by atoms with Gasteiger partial charge in [0.2, 0.25) is 0 Å². The van der Waals surface area contributed by atoms with Crippen molar-refractivity contribution in [2.75, 3.05) is 19.0 Å². The molecule has 1 saturated carbocycles. The lowest BCUT2D eigenvalue weighted by Gasteiger charge is -2.37. The fraction of sp³-hybridized carbons (Fsp3) is 0.600. The molecule has 0 amide bonds. The number of likely N-dealkylation sites (N-methyl/N-ethyl adjacent to an activating group) is 1. The summed E-state index contributed by atoms with van der Waals surface area (Å²) in [5.41, 5.74) is 2.47. The SMILES string of the molecule is CNCc1ccc(Br)cc1N(C)C1CCCCC1O. The molecule has 0 radical (unpaired) electrons. The minimum atomic E-state index is -0.208. The van der Waals surface area contributed by atoms with E-state index in [1.54, 1.807) is 0 Å². The number of hydrogen-bond donors (Lipinski definition) is 2. The lowest BCUT2D eigenvalue weighted by Crippen LogP contribution is -2.44. The van der Waals surface area contributed by atoms with E-state index in [0.29, 0.717) is 0 Å². The third-order valence-electron chi connectivity index (χ3n) is 3.99. The summed E-state index contributed by atoms with van der Waals surface area (Å²) in [5.74, 6) is 0. The molecule has 0 bridgehead atoms. The van der Waals surface area contributed by atoms with E-state index in [1.165, 1.54) is 17.7 Å². The van der Waals surface area contributed by atoms with Gasteiger partial charge in [-0.3, -0.25) is 0 Å². The third kappa shape index (κ3) is 3.50. The van der Waals surface area contributed by atoms with Gasteiger partial charge in [-0.15, -0.1) is 0 Å². The molecule has 3 nitrogen and oxygen atoms in total. The number of aliphatic hydroxyl groups excluding tert-OH is 1. The molecule has 0 aromatic heterocycles. The van der Waals surface area contributed by atoms with E-state index in [1.807, 2.05) is 7.05 Å². The Morgan fingerprint density at radius 1 is 1.37 bits per heavy atom. The molecule has 1 fully saturated rings. The zero-order valence-corrected chi connectivity index (χ0v) is 13.3. The predicted octanol–water partition coefficient (Wildman–Crippen LogP) is 2.91. The molecule has 4 heteroatoms. The van der Waals surface area contributed by atoms with Crippen molar-refractivity contribution in [2.45, 2.75) is 44.4 Å². The highest BCUT2D eigenvalue weighted by Gasteiger charge is 2.27. The molecule has 19 heavy (non-hydrogen) atoms. The van der Waals surface area contributed by atoms with E-state index >= 15 is 0 Å². The molecule has 2 unspecified atom stereocenters. The summed E-state index contributed by atoms with van der Waals surface area (Å²) in [7, 11) is 4.06. The Labute approximate surface area is 124 Å². The number of nitrogens with zero attached hydrogens (tertiary/aromatic N) is 1. The molecule has 2 atom stereocenters. The molecule has 0 spiro atoms. The largest absolute Gasteiger partial charge is 0.391 e. The van der Waals surface area contributed by atoms with Crippen LogP contribution in [0.15, 0.2) is 22.7 Å². The van der Waals surface area contributed by atoms with Crippen LogP contribution < -0.4 is 10.2 Å². The Morgan fingerprint density at radius 3 is 2.79 bits per heavy atom. The Bertz CT molecular complexity index is 425. The van der Waals surface area contributed by atoms with E-state index in [9.17, 15) is 5.11 Å². The second kappa shape index (κ2) is 6.73. The minimum absolute atomic E-state index is 0.208. The second-order valence-electron chi connectivity index (χ2n) is 5.33. The summed E-state index contributed by atoms with van der Waals surface area (Å²) in [6.45, 7) is 0.843. The molecule has 2 N–H and O–H groups in total. The maximum atomic E-state index is 10.2. The molecule has 1 aromatic carbocycles. The molecule has 0 saturated heterocycles.